The van der Waals surface area contributed by atoms with Gasteiger partial charge in [0.15, 0.2) is 17.5 Å². The van der Waals surface area contributed by atoms with Crippen LogP contribution in [-0.4, -0.2) is 19.5 Å². The predicted octanol–water partition coefficient (Wildman–Crippen LogP) is 16.5. The lowest BCUT2D eigenvalue weighted by atomic mass is 9.98. The zero-order chi connectivity index (χ0) is 43.3. The number of rotatable bonds is 5. The van der Waals surface area contributed by atoms with Gasteiger partial charge in [0.25, 0.3) is 0 Å². The quantitative estimate of drug-likeness (QED) is 0.162. The van der Waals surface area contributed by atoms with Gasteiger partial charge in [-0.05, 0) is 93.7 Å². The lowest BCUT2D eigenvalue weighted by Gasteiger charge is -2.10. The summed E-state index contributed by atoms with van der Waals surface area (Å²) in [5, 5.41) is 10.8. The van der Waals surface area contributed by atoms with Crippen molar-refractivity contribution in [1.29, 1.82) is 0 Å². The number of benzene rings is 9. The van der Waals surface area contributed by atoms with E-state index in [1.165, 1.54) is 58.2 Å². The van der Waals surface area contributed by atoms with E-state index in [0.717, 1.165) is 67.6 Å². The summed E-state index contributed by atoms with van der Waals surface area (Å²) >= 11 is 1.81. The van der Waals surface area contributed by atoms with Crippen molar-refractivity contribution in [3.05, 3.63) is 205 Å². The van der Waals surface area contributed by atoms with E-state index in [0.29, 0.717) is 17.5 Å². The minimum Gasteiger partial charge on any atom is -0.456 e. The van der Waals surface area contributed by atoms with E-state index in [9.17, 15) is 0 Å². The normalized spacial score (nSPS) is 12.7. The van der Waals surface area contributed by atoms with E-state index in [2.05, 4.69) is 193 Å². The fourth-order valence-electron chi connectivity index (χ4n) is 10.1. The average molecular weight is 861 g/mol. The third-order valence-electron chi connectivity index (χ3n) is 13.2. The van der Waals surface area contributed by atoms with Crippen molar-refractivity contribution in [2.75, 3.05) is 0 Å². The van der Waals surface area contributed by atoms with Crippen molar-refractivity contribution in [2.24, 2.45) is 0 Å². The number of hydrogen-bond donors (Lipinski definition) is 0. The van der Waals surface area contributed by atoms with Crippen molar-refractivity contribution in [3.63, 3.8) is 0 Å². The van der Waals surface area contributed by atoms with Crippen LogP contribution in [0.3, 0.4) is 0 Å². The Bertz CT molecular complexity index is 4210. The molecule has 0 saturated carbocycles. The van der Waals surface area contributed by atoms with E-state index in [4.69, 9.17) is 19.4 Å². The summed E-state index contributed by atoms with van der Waals surface area (Å²) in [5.74, 6) is 2.86. The van der Waals surface area contributed by atoms with Crippen molar-refractivity contribution >= 4 is 98.0 Å². The number of thiophene rings is 1. The number of para-hydroxylation sites is 1. The highest BCUT2D eigenvalue weighted by atomic mass is 32.1. The van der Waals surface area contributed by atoms with Crippen LogP contribution in [0.2, 0.25) is 0 Å². The maximum atomic E-state index is 6.42. The predicted molar refractivity (Wildman–Crippen MR) is 276 cm³/mol. The van der Waals surface area contributed by atoms with Gasteiger partial charge < -0.3 is 8.98 Å². The van der Waals surface area contributed by atoms with E-state index < -0.39 is 0 Å². The van der Waals surface area contributed by atoms with Crippen LogP contribution in [0.1, 0.15) is 17.7 Å². The highest BCUT2D eigenvalue weighted by Crippen LogP contribution is 2.43. The Balaban J connectivity index is 0.878. The molecule has 0 N–H and O–H groups in total. The molecule has 0 unspecified atom stereocenters. The molecule has 0 atom stereocenters. The average Bonchev–Trinajstić information content (AvgIpc) is 3.97. The Morgan fingerprint density at radius 2 is 1.09 bits per heavy atom. The number of allylic oxidation sites excluding steroid dienone is 2. The molecule has 308 valence electrons. The SMILES string of the molecule is C1=Cc2oc3cc(-c4cccc5c4c4ccccc4n5-c4ccc5c(c4)sc4cc(-c6nc(-c7ccccc7)nc(-c7ccc8c(ccc9ccccc98)c7)n6)ccc45)ccc3c2C=CC1. The van der Waals surface area contributed by atoms with Crippen molar-refractivity contribution in [2.45, 2.75) is 6.42 Å². The first-order valence-electron chi connectivity index (χ1n) is 22.3. The third kappa shape index (κ3) is 5.82. The number of furan rings is 1. The van der Waals surface area contributed by atoms with Crippen LogP contribution in [0.25, 0.3) is 138 Å². The van der Waals surface area contributed by atoms with Gasteiger partial charge in [0.05, 0.1) is 11.0 Å². The molecule has 0 amide bonds. The zero-order valence-corrected chi connectivity index (χ0v) is 36.3. The summed E-state index contributed by atoms with van der Waals surface area (Å²) in [5.41, 5.74) is 10.7. The topological polar surface area (TPSA) is 56.7 Å². The summed E-state index contributed by atoms with van der Waals surface area (Å²) in [6.45, 7) is 0. The molecule has 0 spiro atoms. The number of hydrogen-bond acceptors (Lipinski definition) is 5. The van der Waals surface area contributed by atoms with Gasteiger partial charge in [-0.25, -0.2) is 15.0 Å². The standard InChI is InChI=1S/C60H36N4OS/c1-3-13-37(14-4-1)58-61-59(40-25-28-44-38(32-40)23-22-36-12-7-8-15-43(36)44)63-60(62-58)41-26-30-48-49-31-27-42(35-56(49)66-55(48)34-41)64-51-19-10-9-17-50(51)57-45(18-11-20-52(57)64)39-24-29-47-46-16-5-2-6-21-53(46)65-54(47)33-39/h1,3-35H,2H2. The van der Waals surface area contributed by atoms with E-state index >= 15 is 0 Å². The first-order chi connectivity index (χ1) is 32.7. The van der Waals surface area contributed by atoms with Crippen LogP contribution in [0, 0.1) is 0 Å². The Kier molecular flexibility index (Phi) is 8.15. The second-order valence-corrected chi connectivity index (χ2v) is 18.2. The molecule has 0 aliphatic heterocycles. The lowest BCUT2D eigenvalue weighted by molar-refractivity contribution is 0.603. The molecule has 1 aliphatic carbocycles. The van der Waals surface area contributed by atoms with Crippen LogP contribution in [0.15, 0.2) is 199 Å². The Morgan fingerprint density at radius 3 is 1.97 bits per heavy atom. The fraction of sp³-hybridized carbons (Fsp3) is 0.0167. The number of fused-ring (bicyclic) bond motifs is 12. The molecule has 13 aromatic rings. The van der Waals surface area contributed by atoms with Gasteiger partial charge in [0, 0.05) is 64.3 Å². The van der Waals surface area contributed by atoms with E-state index in [1.54, 1.807) is 11.3 Å². The molecule has 66 heavy (non-hydrogen) atoms. The Hall–Kier alpha value is -8.45. The smallest absolute Gasteiger partial charge is 0.164 e. The summed E-state index contributed by atoms with van der Waals surface area (Å²) in [4.78, 5) is 15.3. The van der Waals surface area contributed by atoms with E-state index in [1.807, 2.05) is 18.2 Å². The zero-order valence-electron chi connectivity index (χ0n) is 35.4. The van der Waals surface area contributed by atoms with Crippen LogP contribution >= 0.6 is 11.3 Å². The number of nitrogens with zero attached hydrogens (tertiary/aromatic N) is 4. The van der Waals surface area contributed by atoms with Gasteiger partial charge in [0.1, 0.15) is 11.3 Å². The molecule has 0 radical (unpaired) electrons. The Labute approximate surface area is 382 Å². The summed E-state index contributed by atoms with van der Waals surface area (Å²) in [6, 6.07) is 65.2. The van der Waals surface area contributed by atoms with Gasteiger partial charge in [0.2, 0.25) is 0 Å². The van der Waals surface area contributed by atoms with Gasteiger partial charge in [-0.1, -0.05) is 152 Å². The largest absolute Gasteiger partial charge is 0.456 e. The molecule has 5 nitrogen and oxygen atoms in total. The first-order valence-corrected chi connectivity index (χ1v) is 23.1. The fourth-order valence-corrected chi connectivity index (χ4v) is 11.3. The molecule has 1 aliphatic rings. The first kappa shape index (κ1) is 37.0. The Morgan fingerprint density at radius 1 is 0.439 bits per heavy atom. The molecule has 9 aromatic carbocycles. The molecular formula is C60H36N4OS. The third-order valence-corrected chi connectivity index (χ3v) is 14.4. The number of aromatic nitrogens is 4. The summed E-state index contributed by atoms with van der Waals surface area (Å²) in [7, 11) is 0. The molecule has 4 heterocycles. The van der Waals surface area contributed by atoms with Gasteiger partial charge >= 0.3 is 0 Å². The molecule has 14 rings (SSSR count). The van der Waals surface area contributed by atoms with Crippen molar-refractivity contribution in [1.82, 2.24) is 19.5 Å². The molecular weight excluding hydrogens is 825 g/mol. The molecule has 6 heteroatoms. The summed E-state index contributed by atoms with van der Waals surface area (Å²) in [6.07, 6.45) is 9.53. The molecule has 4 aromatic heterocycles. The lowest BCUT2D eigenvalue weighted by Crippen LogP contribution is -2.00. The molecule has 0 fully saturated rings. The minimum absolute atomic E-state index is 0.647. The summed E-state index contributed by atoms with van der Waals surface area (Å²) < 4.78 is 11.2. The van der Waals surface area contributed by atoms with Crippen LogP contribution in [0.4, 0.5) is 0 Å². The minimum atomic E-state index is 0.647. The molecule has 0 saturated heterocycles. The highest BCUT2D eigenvalue weighted by molar-refractivity contribution is 7.25. The van der Waals surface area contributed by atoms with Crippen molar-refractivity contribution < 1.29 is 4.42 Å². The van der Waals surface area contributed by atoms with Gasteiger partial charge in [-0.2, -0.15) is 0 Å². The van der Waals surface area contributed by atoms with Gasteiger partial charge in [-0.15, -0.1) is 11.3 Å². The van der Waals surface area contributed by atoms with Crippen LogP contribution in [-0.2, 0) is 0 Å². The van der Waals surface area contributed by atoms with Crippen LogP contribution < -0.4 is 0 Å². The molecule has 0 bridgehead atoms. The van der Waals surface area contributed by atoms with Crippen molar-refractivity contribution in [3.8, 4) is 51.0 Å². The second-order valence-electron chi connectivity index (χ2n) is 17.1. The highest BCUT2D eigenvalue weighted by Gasteiger charge is 2.20. The van der Waals surface area contributed by atoms with Gasteiger partial charge in [-0.3, -0.25) is 0 Å². The second kappa shape index (κ2) is 14.5. The monoisotopic (exact) mass is 860 g/mol. The maximum Gasteiger partial charge on any atom is 0.164 e. The van der Waals surface area contributed by atoms with E-state index in [-0.39, 0.29) is 0 Å². The van der Waals surface area contributed by atoms with Crippen LogP contribution in [0.5, 0.6) is 0 Å². The maximum absolute atomic E-state index is 6.42.